The lowest BCUT2D eigenvalue weighted by Gasteiger charge is -2.08. The summed E-state index contributed by atoms with van der Waals surface area (Å²) in [6, 6.07) is 15.3. The molecule has 2 rings (SSSR count). The molecule has 0 aliphatic carbocycles. The number of carbonyl (C=O) groups is 1. The van der Waals surface area contributed by atoms with Gasteiger partial charge in [0.1, 0.15) is 18.1 Å². The third-order valence-corrected chi connectivity index (χ3v) is 3.13. The molecule has 2 aromatic rings. The summed E-state index contributed by atoms with van der Waals surface area (Å²) in [5.41, 5.74) is 2.04. The van der Waals surface area contributed by atoms with Gasteiger partial charge in [-0.1, -0.05) is 24.3 Å². The van der Waals surface area contributed by atoms with Crippen LogP contribution in [0.3, 0.4) is 0 Å². The van der Waals surface area contributed by atoms with Crippen LogP contribution in [0.4, 0.5) is 0 Å². The second-order valence-electron chi connectivity index (χ2n) is 4.63. The van der Waals surface area contributed by atoms with Crippen molar-refractivity contribution in [2.45, 2.75) is 13.0 Å². The number of benzene rings is 2. The standard InChI is InChI=1S/C17H19NO3/c1-18-17(19)11-13-3-9-16(10-4-13)21-12-14-5-7-15(20-2)8-6-14/h3-10H,11-12H2,1-2H3,(H,18,19). The van der Waals surface area contributed by atoms with Gasteiger partial charge in [-0.2, -0.15) is 0 Å². The van der Waals surface area contributed by atoms with Crippen molar-refractivity contribution in [3.05, 3.63) is 59.7 Å². The molecule has 0 fully saturated rings. The molecular formula is C17H19NO3. The Morgan fingerprint density at radius 1 is 0.952 bits per heavy atom. The summed E-state index contributed by atoms with van der Waals surface area (Å²) in [6.07, 6.45) is 0.384. The van der Waals surface area contributed by atoms with Crippen molar-refractivity contribution in [1.82, 2.24) is 5.32 Å². The second kappa shape index (κ2) is 7.33. The third-order valence-electron chi connectivity index (χ3n) is 3.13. The molecule has 0 bridgehead atoms. The lowest BCUT2D eigenvalue weighted by Crippen LogP contribution is -2.19. The first kappa shape index (κ1) is 14.9. The highest BCUT2D eigenvalue weighted by Crippen LogP contribution is 2.16. The van der Waals surface area contributed by atoms with Crippen LogP contribution in [0.1, 0.15) is 11.1 Å². The molecule has 4 nitrogen and oxygen atoms in total. The fourth-order valence-corrected chi connectivity index (χ4v) is 1.87. The van der Waals surface area contributed by atoms with Crippen molar-refractivity contribution < 1.29 is 14.3 Å². The van der Waals surface area contributed by atoms with E-state index in [1.54, 1.807) is 14.2 Å². The maximum Gasteiger partial charge on any atom is 0.224 e. The lowest BCUT2D eigenvalue weighted by molar-refractivity contribution is -0.119. The van der Waals surface area contributed by atoms with Gasteiger partial charge in [0.2, 0.25) is 5.91 Å². The highest BCUT2D eigenvalue weighted by molar-refractivity contribution is 5.78. The fourth-order valence-electron chi connectivity index (χ4n) is 1.87. The Balaban J connectivity index is 1.89. The molecule has 110 valence electrons. The van der Waals surface area contributed by atoms with Gasteiger partial charge in [-0.3, -0.25) is 4.79 Å². The number of rotatable bonds is 6. The van der Waals surface area contributed by atoms with Crippen LogP contribution in [0.2, 0.25) is 0 Å². The average Bonchev–Trinajstić information content (AvgIpc) is 2.54. The SMILES string of the molecule is CNC(=O)Cc1ccc(OCc2ccc(OC)cc2)cc1. The van der Waals surface area contributed by atoms with Crippen LogP contribution >= 0.6 is 0 Å². The number of hydrogen-bond acceptors (Lipinski definition) is 3. The van der Waals surface area contributed by atoms with Crippen LogP contribution in [0.25, 0.3) is 0 Å². The van der Waals surface area contributed by atoms with Gasteiger partial charge in [-0.15, -0.1) is 0 Å². The molecule has 21 heavy (non-hydrogen) atoms. The summed E-state index contributed by atoms with van der Waals surface area (Å²) < 4.78 is 10.8. The summed E-state index contributed by atoms with van der Waals surface area (Å²) in [5.74, 6) is 1.62. The van der Waals surface area contributed by atoms with Gasteiger partial charge in [0, 0.05) is 7.05 Å². The van der Waals surface area contributed by atoms with Crippen LogP contribution in [0.15, 0.2) is 48.5 Å². The molecule has 0 aliphatic rings. The largest absolute Gasteiger partial charge is 0.497 e. The van der Waals surface area contributed by atoms with Crippen LogP contribution < -0.4 is 14.8 Å². The Kier molecular flexibility index (Phi) is 5.21. The minimum Gasteiger partial charge on any atom is -0.497 e. The monoisotopic (exact) mass is 285 g/mol. The van der Waals surface area contributed by atoms with Crippen LogP contribution in [0, 0.1) is 0 Å². The fraction of sp³-hybridized carbons (Fsp3) is 0.235. The number of hydrogen-bond donors (Lipinski definition) is 1. The summed E-state index contributed by atoms with van der Waals surface area (Å²) in [6.45, 7) is 0.499. The predicted octanol–water partition coefficient (Wildman–Crippen LogP) is 2.56. The topological polar surface area (TPSA) is 47.6 Å². The van der Waals surface area contributed by atoms with E-state index in [0.29, 0.717) is 13.0 Å². The average molecular weight is 285 g/mol. The van der Waals surface area contributed by atoms with Gasteiger partial charge in [0.25, 0.3) is 0 Å². The van der Waals surface area contributed by atoms with Gasteiger partial charge in [0.05, 0.1) is 13.5 Å². The predicted molar refractivity (Wildman–Crippen MR) is 81.5 cm³/mol. The Bertz CT molecular complexity index is 576. The summed E-state index contributed by atoms with van der Waals surface area (Å²) in [5, 5.41) is 2.60. The Morgan fingerprint density at radius 2 is 1.52 bits per heavy atom. The zero-order valence-corrected chi connectivity index (χ0v) is 12.3. The van der Waals surface area contributed by atoms with E-state index in [0.717, 1.165) is 22.6 Å². The van der Waals surface area contributed by atoms with Gasteiger partial charge >= 0.3 is 0 Å². The lowest BCUT2D eigenvalue weighted by atomic mass is 10.1. The van der Waals surface area contributed by atoms with E-state index >= 15 is 0 Å². The molecule has 0 saturated heterocycles. The van der Waals surface area contributed by atoms with Crippen molar-refractivity contribution in [2.24, 2.45) is 0 Å². The molecule has 4 heteroatoms. The van der Waals surface area contributed by atoms with Gasteiger partial charge in [-0.05, 0) is 35.4 Å². The van der Waals surface area contributed by atoms with Crippen LogP contribution in [0.5, 0.6) is 11.5 Å². The normalized spacial score (nSPS) is 10.0. The van der Waals surface area contributed by atoms with E-state index < -0.39 is 0 Å². The Hall–Kier alpha value is -2.49. The first-order chi connectivity index (χ1) is 10.2. The van der Waals surface area contributed by atoms with E-state index in [-0.39, 0.29) is 5.91 Å². The zero-order valence-electron chi connectivity index (χ0n) is 12.3. The first-order valence-electron chi connectivity index (χ1n) is 6.76. The smallest absolute Gasteiger partial charge is 0.224 e. The molecule has 0 aromatic heterocycles. The molecular weight excluding hydrogens is 266 g/mol. The molecule has 0 heterocycles. The van der Waals surface area contributed by atoms with Crippen molar-refractivity contribution in [2.75, 3.05) is 14.2 Å². The first-order valence-corrected chi connectivity index (χ1v) is 6.76. The Morgan fingerprint density at radius 3 is 2.10 bits per heavy atom. The molecule has 0 unspecified atom stereocenters. The molecule has 0 atom stereocenters. The number of nitrogens with one attached hydrogen (secondary N) is 1. The van der Waals surface area contributed by atoms with Crippen LogP contribution in [-0.2, 0) is 17.8 Å². The quantitative estimate of drug-likeness (QED) is 0.887. The molecule has 2 aromatic carbocycles. The number of carbonyl (C=O) groups excluding carboxylic acids is 1. The van der Waals surface area contributed by atoms with Gasteiger partial charge in [0.15, 0.2) is 0 Å². The maximum absolute atomic E-state index is 11.3. The number of likely N-dealkylation sites (N-methyl/N-ethyl adjacent to an activating group) is 1. The highest BCUT2D eigenvalue weighted by atomic mass is 16.5. The summed E-state index contributed by atoms with van der Waals surface area (Å²) in [4.78, 5) is 11.3. The minimum absolute atomic E-state index is 0.00176. The summed E-state index contributed by atoms with van der Waals surface area (Å²) >= 11 is 0. The second-order valence-corrected chi connectivity index (χ2v) is 4.63. The molecule has 0 aliphatic heterocycles. The molecule has 1 N–H and O–H groups in total. The number of ether oxygens (including phenoxy) is 2. The van der Waals surface area contributed by atoms with Crippen molar-refractivity contribution in [3.63, 3.8) is 0 Å². The summed E-state index contributed by atoms with van der Waals surface area (Å²) in [7, 11) is 3.28. The van der Waals surface area contributed by atoms with Crippen molar-refractivity contribution in [1.29, 1.82) is 0 Å². The molecule has 0 radical (unpaired) electrons. The van der Waals surface area contributed by atoms with E-state index in [4.69, 9.17) is 9.47 Å². The van der Waals surface area contributed by atoms with E-state index in [9.17, 15) is 4.79 Å². The van der Waals surface area contributed by atoms with Gasteiger partial charge < -0.3 is 14.8 Å². The van der Waals surface area contributed by atoms with E-state index in [1.165, 1.54) is 0 Å². The minimum atomic E-state index is 0.00176. The molecule has 0 spiro atoms. The van der Waals surface area contributed by atoms with Crippen molar-refractivity contribution in [3.8, 4) is 11.5 Å². The molecule has 0 saturated carbocycles. The van der Waals surface area contributed by atoms with Gasteiger partial charge in [-0.25, -0.2) is 0 Å². The van der Waals surface area contributed by atoms with E-state index in [2.05, 4.69) is 5.32 Å². The van der Waals surface area contributed by atoms with Crippen LogP contribution in [-0.4, -0.2) is 20.1 Å². The number of amides is 1. The third kappa shape index (κ3) is 4.53. The molecule has 1 amide bonds. The highest BCUT2D eigenvalue weighted by Gasteiger charge is 2.02. The Labute approximate surface area is 124 Å². The van der Waals surface area contributed by atoms with Crippen molar-refractivity contribution >= 4 is 5.91 Å². The number of methoxy groups -OCH3 is 1. The zero-order chi connectivity index (χ0) is 15.1. The van der Waals surface area contributed by atoms with E-state index in [1.807, 2.05) is 48.5 Å². The maximum atomic E-state index is 11.3.